The van der Waals surface area contributed by atoms with Crippen LogP contribution >= 0.6 is 0 Å². The van der Waals surface area contributed by atoms with E-state index in [1.807, 2.05) is 59.3 Å². The van der Waals surface area contributed by atoms with Crippen molar-refractivity contribution >= 4 is 5.91 Å². The second-order valence-electron chi connectivity index (χ2n) is 6.86. The van der Waals surface area contributed by atoms with E-state index in [1.54, 1.807) is 6.20 Å². The summed E-state index contributed by atoms with van der Waals surface area (Å²) in [4.78, 5) is 16.9. The molecule has 5 heteroatoms. The summed E-state index contributed by atoms with van der Waals surface area (Å²) < 4.78 is 7.70. The number of para-hydroxylation sites is 1. The molecule has 0 fully saturated rings. The van der Waals surface area contributed by atoms with Crippen molar-refractivity contribution in [3.05, 3.63) is 72.6 Å². The topological polar surface area (TPSA) is 56.2 Å². The van der Waals surface area contributed by atoms with Crippen molar-refractivity contribution in [1.82, 2.24) is 14.9 Å². The smallest absolute Gasteiger partial charge is 0.240 e. The number of nitrogens with one attached hydrogen (secondary N) is 1. The van der Waals surface area contributed by atoms with Crippen LogP contribution in [0.5, 0.6) is 5.75 Å². The van der Waals surface area contributed by atoms with Gasteiger partial charge in [-0.25, -0.2) is 4.98 Å². The first-order valence-corrected chi connectivity index (χ1v) is 9.33. The van der Waals surface area contributed by atoms with Gasteiger partial charge in [0.1, 0.15) is 18.1 Å². The molecule has 0 bridgehead atoms. The second-order valence-corrected chi connectivity index (χ2v) is 6.86. The normalized spacial score (nSPS) is 16.1. The Balaban J connectivity index is 1.35. The van der Waals surface area contributed by atoms with E-state index in [4.69, 9.17) is 4.74 Å². The summed E-state index contributed by atoms with van der Waals surface area (Å²) in [7, 11) is 0. The lowest BCUT2D eigenvalue weighted by Crippen LogP contribution is -2.33. The zero-order valence-corrected chi connectivity index (χ0v) is 15.2. The summed E-state index contributed by atoms with van der Waals surface area (Å²) in [6.07, 6.45) is 5.44. The maximum absolute atomic E-state index is 12.5. The van der Waals surface area contributed by atoms with E-state index in [2.05, 4.69) is 16.4 Å². The van der Waals surface area contributed by atoms with Crippen molar-refractivity contribution in [2.75, 3.05) is 13.2 Å². The van der Waals surface area contributed by atoms with Gasteiger partial charge in [-0.05, 0) is 30.4 Å². The predicted molar refractivity (Wildman–Crippen MR) is 104 cm³/mol. The minimum Gasteiger partial charge on any atom is -0.493 e. The highest BCUT2D eigenvalue weighted by Crippen LogP contribution is 2.26. The summed E-state index contributed by atoms with van der Waals surface area (Å²) >= 11 is 0. The van der Waals surface area contributed by atoms with Crippen LogP contribution in [0.15, 0.2) is 67.0 Å². The summed E-state index contributed by atoms with van der Waals surface area (Å²) in [6, 6.07) is 18.1. The summed E-state index contributed by atoms with van der Waals surface area (Å²) in [5.41, 5.74) is 2.23. The molecule has 3 aromatic rings. The van der Waals surface area contributed by atoms with E-state index in [9.17, 15) is 4.79 Å². The number of benzene rings is 2. The largest absolute Gasteiger partial charge is 0.493 e. The molecule has 0 saturated carbocycles. The summed E-state index contributed by atoms with van der Waals surface area (Å²) in [5.74, 6) is 2.16. The molecule has 1 aliphatic heterocycles. The summed E-state index contributed by atoms with van der Waals surface area (Å²) in [5, 5.41) is 3.08. The molecule has 138 valence electrons. The van der Waals surface area contributed by atoms with E-state index in [0.717, 1.165) is 30.0 Å². The monoisotopic (exact) mass is 361 g/mol. The van der Waals surface area contributed by atoms with E-state index in [-0.39, 0.29) is 12.5 Å². The van der Waals surface area contributed by atoms with Gasteiger partial charge in [0.25, 0.3) is 0 Å². The minimum atomic E-state index is 0.00336. The second kappa shape index (κ2) is 8.08. The van der Waals surface area contributed by atoms with E-state index in [1.165, 1.54) is 5.56 Å². The van der Waals surface area contributed by atoms with E-state index < -0.39 is 0 Å². The molecule has 0 aliphatic carbocycles. The van der Waals surface area contributed by atoms with Crippen molar-refractivity contribution in [2.45, 2.75) is 19.4 Å². The first kappa shape index (κ1) is 17.3. The van der Waals surface area contributed by atoms with E-state index >= 15 is 0 Å². The van der Waals surface area contributed by atoms with Crippen LogP contribution in [-0.4, -0.2) is 28.6 Å². The highest BCUT2D eigenvalue weighted by Gasteiger charge is 2.18. The Morgan fingerprint density at radius 1 is 1.15 bits per heavy atom. The fraction of sp³-hybridized carbons (Fsp3) is 0.273. The van der Waals surface area contributed by atoms with Gasteiger partial charge in [0.05, 0.1) is 6.61 Å². The van der Waals surface area contributed by atoms with Crippen molar-refractivity contribution in [3.8, 4) is 17.1 Å². The predicted octanol–water partition coefficient (Wildman–Crippen LogP) is 3.31. The molecule has 0 saturated heterocycles. The zero-order valence-electron chi connectivity index (χ0n) is 15.2. The number of hydrogen-bond donors (Lipinski definition) is 1. The van der Waals surface area contributed by atoms with Crippen LogP contribution in [0.4, 0.5) is 0 Å². The number of ether oxygens (including phenoxy) is 1. The lowest BCUT2D eigenvalue weighted by molar-refractivity contribution is -0.121. The number of aromatic nitrogens is 2. The molecule has 1 aromatic heterocycles. The Bertz CT molecular complexity index is 905. The van der Waals surface area contributed by atoms with Gasteiger partial charge in [0.15, 0.2) is 0 Å². The van der Waals surface area contributed by atoms with Crippen LogP contribution in [0, 0.1) is 5.92 Å². The molecule has 2 heterocycles. The van der Waals surface area contributed by atoms with Gasteiger partial charge in [-0.2, -0.15) is 0 Å². The zero-order chi connectivity index (χ0) is 18.5. The standard InChI is InChI=1S/C22H23N3O2/c26-21(16-25-12-11-23-22(25)18-6-2-1-3-7-18)24-15-17-10-13-27-20-9-5-4-8-19(20)14-17/h1-9,11-12,17H,10,13-16H2,(H,24,26)/t17-/m1/s1. The van der Waals surface area contributed by atoms with Crippen LogP contribution in [0.3, 0.4) is 0 Å². The molecule has 27 heavy (non-hydrogen) atoms. The third-order valence-electron chi connectivity index (χ3n) is 4.91. The van der Waals surface area contributed by atoms with Gasteiger partial charge < -0.3 is 14.6 Å². The maximum atomic E-state index is 12.5. The van der Waals surface area contributed by atoms with Gasteiger partial charge in [0.2, 0.25) is 5.91 Å². The third-order valence-corrected chi connectivity index (χ3v) is 4.91. The van der Waals surface area contributed by atoms with Crippen molar-refractivity contribution in [3.63, 3.8) is 0 Å². The fourth-order valence-corrected chi connectivity index (χ4v) is 3.49. The van der Waals surface area contributed by atoms with Gasteiger partial charge in [0, 0.05) is 24.5 Å². The molecule has 0 spiro atoms. The van der Waals surface area contributed by atoms with Crippen LogP contribution < -0.4 is 10.1 Å². The Kier molecular flexibility index (Phi) is 5.19. The highest BCUT2D eigenvalue weighted by molar-refractivity contribution is 5.76. The average Bonchev–Trinajstić information content (AvgIpc) is 3.05. The molecule has 1 N–H and O–H groups in total. The van der Waals surface area contributed by atoms with Crippen molar-refractivity contribution in [2.24, 2.45) is 5.92 Å². The Labute approximate surface area is 159 Å². The van der Waals surface area contributed by atoms with Crippen LogP contribution in [0.25, 0.3) is 11.4 Å². The van der Waals surface area contributed by atoms with Crippen LogP contribution in [0.2, 0.25) is 0 Å². The van der Waals surface area contributed by atoms with Crippen molar-refractivity contribution < 1.29 is 9.53 Å². The molecule has 0 unspecified atom stereocenters. The van der Waals surface area contributed by atoms with Gasteiger partial charge in [-0.15, -0.1) is 0 Å². The molecule has 1 amide bonds. The molecular formula is C22H23N3O2. The first-order valence-electron chi connectivity index (χ1n) is 9.33. The van der Waals surface area contributed by atoms with Gasteiger partial charge in [-0.1, -0.05) is 48.5 Å². The molecule has 1 atom stereocenters. The molecule has 1 aliphatic rings. The molecule has 5 nitrogen and oxygen atoms in total. The summed E-state index contributed by atoms with van der Waals surface area (Å²) in [6.45, 7) is 1.62. The lowest BCUT2D eigenvalue weighted by Gasteiger charge is -2.15. The van der Waals surface area contributed by atoms with Gasteiger partial charge >= 0.3 is 0 Å². The van der Waals surface area contributed by atoms with Gasteiger partial charge in [-0.3, -0.25) is 4.79 Å². The van der Waals surface area contributed by atoms with Crippen molar-refractivity contribution in [1.29, 1.82) is 0 Å². The van der Waals surface area contributed by atoms with Crippen LogP contribution in [0.1, 0.15) is 12.0 Å². The number of fused-ring (bicyclic) bond motifs is 1. The highest BCUT2D eigenvalue weighted by atomic mass is 16.5. The molecule has 0 radical (unpaired) electrons. The fourth-order valence-electron chi connectivity index (χ4n) is 3.49. The number of amides is 1. The Morgan fingerprint density at radius 3 is 2.85 bits per heavy atom. The molecule has 4 rings (SSSR count). The van der Waals surface area contributed by atoms with Crippen LogP contribution in [-0.2, 0) is 17.8 Å². The number of carbonyl (C=O) groups is 1. The third kappa shape index (κ3) is 4.19. The Hall–Kier alpha value is -3.08. The molecule has 2 aromatic carbocycles. The lowest BCUT2D eigenvalue weighted by atomic mass is 9.97. The SMILES string of the molecule is O=C(Cn1ccnc1-c1ccccc1)NC[C@@H]1CCOc2ccccc2C1. The first-order chi connectivity index (χ1) is 13.3. The quantitative estimate of drug-likeness (QED) is 0.759. The molecular weight excluding hydrogens is 338 g/mol. The number of rotatable bonds is 5. The number of carbonyl (C=O) groups excluding carboxylic acids is 1. The maximum Gasteiger partial charge on any atom is 0.240 e. The number of hydrogen-bond acceptors (Lipinski definition) is 3. The number of imidazole rings is 1. The Morgan fingerprint density at radius 2 is 1.96 bits per heavy atom. The minimum absolute atomic E-state index is 0.00336. The number of nitrogens with zero attached hydrogens (tertiary/aromatic N) is 2. The average molecular weight is 361 g/mol. The van der Waals surface area contributed by atoms with E-state index in [0.29, 0.717) is 19.1 Å².